The molecule has 0 aliphatic carbocycles. The minimum Gasteiger partial charge on any atom is -0.497 e. The van der Waals surface area contributed by atoms with E-state index in [-0.39, 0.29) is 23.8 Å². The fraction of sp³-hybridized carbons (Fsp3) is 0.407. The first-order chi connectivity index (χ1) is 18.9. The van der Waals surface area contributed by atoms with Gasteiger partial charge in [0.15, 0.2) is 5.78 Å². The number of carbonyl (C=O) groups is 4. The number of benzene rings is 2. The van der Waals surface area contributed by atoms with E-state index in [4.69, 9.17) is 9.47 Å². The van der Waals surface area contributed by atoms with Gasteiger partial charge in [0, 0.05) is 23.4 Å². The molecule has 0 fully saturated rings. The van der Waals surface area contributed by atoms with E-state index in [0.29, 0.717) is 22.8 Å². The Morgan fingerprint density at radius 1 is 1.02 bits per heavy atom. The number of ketones is 1. The van der Waals surface area contributed by atoms with Crippen LogP contribution >= 0.6 is 11.8 Å². The zero-order valence-electron chi connectivity index (χ0n) is 22.7. The topological polar surface area (TPSA) is 174 Å². The smallest absolute Gasteiger partial charge is 0.305 e. The molecule has 2 rings (SSSR count). The summed E-state index contributed by atoms with van der Waals surface area (Å²) in [7, 11) is 2.96. The summed E-state index contributed by atoms with van der Waals surface area (Å²) in [4.78, 5) is 60.5. The molecule has 0 aromatic heterocycles. The second-order valence-electron chi connectivity index (χ2n) is 9.19. The van der Waals surface area contributed by atoms with Gasteiger partial charge in [0.2, 0.25) is 11.8 Å². The summed E-state index contributed by atoms with van der Waals surface area (Å²) < 4.78 is 10.5. The number of nitro benzene ring substituents is 1. The fourth-order valence-corrected chi connectivity index (χ4v) is 4.65. The van der Waals surface area contributed by atoms with E-state index in [2.05, 4.69) is 10.6 Å². The molecule has 0 heterocycles. The van der Waals surface area contributed by atoms with Gasteiger partial charge in [0.25, 0.3) is 5.69 Å². The molecule has 216 valence electrons. The number of ether oxygens (including phenoxy) is 2. The molecule has 2 amide bonds. The molecule has 0 radical (unpaired) electrons. The number of carboxylic acids is 1. The second kappa shape index (κ2) is 15.5. The number of methoxy groups -OCH3 is 2. The van der Waals surface area contributed by atoms with Gasteiger partial charge in [-0.3, -0.25) is 29.3 Å². The van der Waals surface area contributed by atoms with Gasteiger partial charge in [-0.2, -0.15) is 0 Å². The highest BCUT2D eigenvalue weighted by Crippen LogP contribution is 2.24. The molecule has 2 aromatic rings. The number of hydrogen-bond acceptors (Lipinski definition) is 9. The molecule has 0 saturated heterocycles. The minimum atomic E-state index is -1.30. The number of Topliss-reactive ketones (excluding diaryl/α,β-unsaturated/α-hetero) is 1. The number of nitro groups is 1. The highest BCUT2D eigenvalue weighted by atomic mass is 32.2. The molecule has 12 nitrogen and oxygen atoms in total. The number of hydrogen-bond donors (Lipinski definition) is 3. The third kappa shape index (κ3) is 9.88. The molecule has 40 heavy (non-hydrogen) atoms. The second-order valence-corrected chi connectivity index (χ2v) is 10.2. The SMILES string of the molecule is COc1ccc(OC)c(CC(=O)NC(C(=O)NC(CC(=O)O)C(=O)CSCc2ccc([N+](=O)[O-])cc2)C(C)C)c1. The Morgan fingerprint density at radius 3 is 2.25 bits per heavy atom. The van der Waals surface area contributed by atoms with E-state index >= 15 is 0 Å². The zero-order chi connectivity index (χ0) is 29.8. The molecular weight excluding hydrogens is 542 g/mol. The minimum absolute atomic E-state index is 0.0523. The molecule has 13 heteroatoms. The number of nitrogens with zero attached hydrogens (tertiary/aromatic N) is 1. The summed E-state index contributed by atoms with van der Waals surface area (Å²) >= 11 is 1.19. The molecule has 0 bridgehead atoms. The quantitative estimate of drug-likeness (QED) is 0.199. The maximum atomic E-state index is 13.1. The van der Waals surface area contributed by atoms with Crippen molar-refractivity contribution in [1.29, 1.82) is 0 Å². The van der Waals surface area contributed by atoms with Crippen LogP contribution in [0.15, 0.2) is 42.5 Å². The van der Waals surface area contributed by atoms with E-state index in [1.165, 1.54) is 38.1 Å². The monoisotopic (exact) mass is 575 g/mol. The number of amides is 2. The van der Waals surface area contributed by atoms with Crippen LogP contribution in [0, 0.1) is 16.0 Å². The van der Waals surface area contributed by atoms with Crippen molar-refractivity contribution in [3.8, 4) is 11.5 Å². The first-order valence-electron chi connectivity index (χ1n) is 12.3. The van der Waals surface area contributed by atoms with Crippen molar-refractivity contribution in [3.63, 3.8) is 0 Å². The lowest BCUT2D eigenvalue weighted by Crippen LogP contribution is -2.54. The van der Waals surface area contributed by atoms with E-state index in [1.54, 1.807) is 44.2 Å². The summed E-state index contributed by atoms with van der Waals surface area (Å²) in [5, 5.41) is 25.3. The van der Waals surface area contributed by atoms with Crippen LogP contribution in [0.3, 0.4) is 0 Å². The Kier molecular flexibility index (Phi) is 12.4. The van der Waals surface area contributed by atoms with Crippen molar-refractivity contribution >= 4 is 41.0 Å². The molecule has 3 N–H and O–H groups in total. The van der Waals surface area contributed by atoms with Crippen LogP contribution < -0.4 is 20.1 Å². The van der Waals surface area contributed by atoms with E-state index in [9.17, 15) is 34.4 Å². The van der Waals surface area contributed by atoms with Gasteiger partial charge in [0.1, 0.15) is 17.5 Å². The molecular formula is C27H33N3O9S. The Morgan fingerprint density at radius 2 is 1.70 bits per heavy atom. The van der Waals surface area contributed by atoms with Crippen molar-refractivity contribution in [3.05, 3.63) is 63.7 Å². The average Bonchev–Trinajstić information content (AvgIpc) is 2.90. The number of non-ortho nitro benzene ring substituents is 1. The maximum absolute atomic E-state index is 13.1. The van der Waals surface area contributed by atoms with E-state index < -0.39 is 47.0 Å². The van der Waals surface area contributed by atoms with Crippen LogP contribution in [-0.4, -0.2) is 65.7 Å². The highest BCUT2D eigenvalue weighted by Gasteiger charge is 2.30. The molecule has 2 unspecified atom stereocenters. The largest absolute Gasteiger partial charge is 0.497 e. The lowest BCUT2D eigenvalue weighted by molar-refractivity contribution is -0.384. The van der Waals surface area contributed by atoms with Gasteiger partial charge in [-0.05, 0) is 29.7 Å². The molecule has 0 aliphatic heterocycles. The summed E-state index contributed by atoms with van der Waals surface area (Å²) in [6, 6.07) is 8.54. The van der Waals surface area contributed by atoms with Crippen molar-refractivity contribution in [1.82, 2.24) is 10.6 Å². The summed E-state index contributed by atoms with van der Waals surface area (Å²) in [5.41, 5.74) is 1.24. The standard InChI is InChI=1S/C27H33N3O9S/c1-16(2)26(29-24(32)12-18-11-20(38-3)9-10-23(18)39-4)27(35)28-21(13-25(33)34)22(31)15-40-14-17-5-7-19(8-6-17)30(36)37/h5-11,16,21,26H,12-15H2,1-4H3,(H,28,35)(H,29,32)(H,33,34). The molecule has 0 saturated carbocycles. The van der Waals surface area contributed by atoms with Gasteiger partial charge in [-0.15, -0.1) is 11.8 Å². The van der Waals surface area contributed by atoms with E-state index in [0.717, 1.165) is 5.56 Å². The Labute approximate surface area is 236 Å². The van der Waals surface area contributed by atoms with Gasteiger partial charge in [-0.25, -0.2) is 0 Å². The number of carbonyl (C=O) groups excluding carboxylic acids is 3. The summed E-state index contributed by atoms with van der Waals surface area (Å²) in [6.45, 7) is 3.43. The number of nitrogens with one attached hydrogen (secondary N) is 2. The van der Waals surface area contributed by atoms with Crippen LogP contribution in [0.4, 0.5) is 5.69 Å². The number of thioether (sulfide) groups is 1. The van der Waals surface area contributed by atoms with Gasteiger partial charge in [-0.1, -0.05) is 26.0 Å². The van der Waals surface area contributed by atoms with Crippen molar-refractivity contribution in [2.45, 2.75) is 44.5 Å². The number of rotatable bonds is 16. The third-order valence-electron chi connectivity index (χ3n) is 5.85. The lowest BCUT2D eigenvalue weighted by Gasteiger charge is -2.25. The Bertz CT molecular complexity index is 1220. The lowest BCUT2D eigenvalue weighted by atomic mass is 10.0. The summed E-state index contributed by atoms with van der Waals surface area (Å²) in [6.07, 6.45) is -0.726. The third-order valence-corrected chi connectivity index (χ3v) is 6.87. The zero-order valence-corrected chi connectivity index (χ0v) is 23.5. The van der Waals surface area contributed by atoms with Gasteiger partial charge >= 0.3 is 5.97 Å². The first-order valence-corrected chi connectivity index (χ1v) is 13.5. The fourth-order valence-electron chi connectivity index (χ4n) is 3.72. The van der Waals surface area contributed by atoms with Crippen LogP contribution in [0.25, 0.3) is 0 Å². The maximum Gasteiger partial charge on any atom is 0.305 e. The van der Waals surface area contributed by atoms with Gasteiger partial charge < -0.3 is 25.2 Å². The highest BCUT2D eigenvalue weighted by molar-refractivity contribution is 7.99. The van der Waals surface area contributed by atoms with Crippen molar-refractivity contribution < 1.29 is 38.7 Å². The Balaban J connectivity index is 2.03. The first kappa shape index (κ1) is 32.1. The average molecular weight is 576 g/mol. The molecule has 0 spiro atoms. The van der Waals surface area contributed by atoms with Crippen LogP contribution in [0.2, 0.25) is 0 Å². The molecule has 2 aromatic carbocycles. The number of carboxylic acid groups (broad SMARTS) is 1. The molecule has 2 atom stereocenters. The van der Waals surface area contributed by atoms with Crippen LogP contribution in [-0.2, 0) is 31.4 Å². The van der Waals surface area contributed by atoms with Crippen LogP contribution in [0.5, 0.6) is 11.5 Å². The normalized spacial score (nSPS) is 12.2. The van der Waals surface area contributed by atoms with E-state index in [1.807, 2.05) is 0 Å². The van der Waals surface area contributed by atoms with Crippen molar-refractivity contribution in [2.75, 3.05) is 20.0 Å². The summed E-state index contributed by atoms with van der Waals surface area (Å²) in [5.74, 6) is -2.02. The van der Waals surface area contributed by atoms with Crippen molar-refractivity contribution in [2.24, 2.45) is 5.92 Å². The number of aliphatic carboxylic acids is 1. The van der Waals surface area contributed by atoms with Gasteiger partial charge in [0.05, 0.1) is 43.8 Å². The Hall–Kier alpha value is -4.13. The predicted molar refractivity (Wildman–Crippen MR) is 148 cm³/mol. The predicted octanol–water partition coefficient (Wildman–Crippen LogP) is 2.76. The van der Waals surface area contributed by atoms with Crippen LogP contribution in [0.1, 0.15) is 31.4 Å². The molecule has 0 aliphatic rings.